The largest absolute Gasteiger partial charge is 0.482 e. The summed E-state index contributed by atoms with van der Waals surface area (Å²) in [5.74, 6) is -1.02. The number of esters is 1. The first kappa shape index (κ1) is 28.2. The predicted octanol–water partition coefficient (Wildman–Crippen LogP) is 3.85. The van der Waals surface area contributed by atoms with Gasteiger partial charge in [-0.1, -0.05) is 0 Å². The monoisotopic (exact) mass is 528 g/mol. The first-order valence-corrected chi connectivity index (χ1v) is 12.2. The summed E-state index contributed by atoms with van der Waals surface area (Å²) in [6, 6.07) is 10.7. The molecule has 0 atom stereocenters. The molecule has 1 saturated heterocycles. The molecular weight excluding hydrogens is 496 g/mol. The molecular formula is C26H32N4O8. The molecule has 204 valence electrons. The number of carbonyl (C=O) groups excluding carboxylic acids is 3. The van der Waals surface area contributed by atoms with Gasteiger partial charge in [0.2, 0.25) is 0 Å². The topological polar surface area (TPSA) is 141 Å². The maximum absolute atomic E-state index is 12.8. The van der Waals surface area contributed by atoms with Crippen LogP contribution in [0.1, 0.15) is 38.1 Å². The summed E-state index contributed by atoms with van der Waals surface area (Å²) < 4.78 is 15.4. The Labute approximate surface area is 220 Å². The van der Waals surface area contributed by atoms with Gasteiger partial charge in [-0.25, -0.2) is 9.59 Å². The second-order valence-corrected chi connectivity index (χ2v) is 9.49. The first-order chi connectivity index (χ1) is 18.0. The number of hydrogen-bond acceptors (Lipinski definition) is 9. The summed E-state index contributed by atoms with van der Waals surface area (Å²) in [6.07, 6.45) is -0.336. The minimum absolute atomic E-state index is 0.00849. The summed E-state index contributed by atoms with van der Waals surface area (Å²) in [5.41, 5.74) is 0.271. The van der Waals surface area contributed by atoms with Crippen molar-refractivity contribution in [3.63, 3.8) is 0 Å². The Balaban J connectivity index is 1.60. The van der Waals surface area contributed by atoms with Gasteiger partial charge >= 0.3 is 12.1 Å². The Hall–Kier alpha value is -4.35. The van der Waals surface area contributed by atoms with Crippen LogP contribution >= 0.6 is 0 Å². The number of rotatable bonds is 8. The fourth-order valence-electron chi connectivity index (χ4n) is 3.69. The van der Waals surface area contributed by atoms with Crippen LogP contribution in [0.3, 0.4) is 0 Å². The van der Waals surface area contributed by atoms with Gasteiger partial charge in [0, 0.05) is 37.4 Å². The Kier molecular flexibility index (Phi) is 9.11. The van der Waals surface area contributed by atoms with Crippen molar-refractivity contribution in [2.75, 3.05) is 49.6 Å². The van der Waals surface area contributed by atoms with Crippen molar-refractivity contribution in [2.45, 2.75) is 33.3 Å². The van der Waals surface area contributed by atoms with E-state index in [4.69, 9.17) is 14.2 Å². The highest BCUT2D eigenvalue weighted by Crippen LogP contribution is 2.30. The van der Waals surface area contributed by atoms with E-state index in [1.54, 1.807) is 36.1 Å². The molecule has 0 aromatic heterocycles. The van der Waals surface area contributed by atoms with E-state index in [9.17, 15) is 24.5 Å². The number of anilines is 2. The van der Waals surface area contributed by atoms with Crippen LogP contribution in [0.4, 0.5) is 21.9 Å². The minimum atomic E-state index is -0.646. The highest BCUT2D eigenvalue weighted by atomic mass is 16.6. The van der Waals surface area contributed by atoms with Gasteiger partial charge in [0.1, 0.15) is 17.0 Å². The molecule has 0 aliphatic carbocycles. The van der Waals surface area contributed by atoms with Crippen LogP contribution in [-0.4, -0.2) is 72.8 Å². The fourth-order valence-corrected chi connectivity index (χ4v) is 3.69. The summed E-state index contributed by atoms with van der Waals surface area (Å²) in [5, 5.41) is 14.1. The summed E-state index contributed by atoms with van der Waals surface area (Å²) >= 11 is 0. The van der Waals surface area contributed by atoms with E-state index in [-0.39, 0.29) is 36.4 Å². The summed E-state index contributed by atoms with van der Waals surface area (Å²) in [7, 11) is 0. The molecule has 0 unspecified atom stereocenters. The first-order valence-electron chi connectivity index (χ1n) is 12.2. The number of nitrogens with zero attached hydrogens (tertiary/aromatic N) is 3. The Morgan fingerprint density at radius 1 is 1.03 bits per heavy atom. The second kappa shape index (κ2) is 12.3. The summed E-state index contributed by atoms with van der Waals surface area (Å²) in [4.78, 5) is 51.2. The third-order valence-electron chi connectivity index (χ3n) is 5.50. The summed E-state index contributed by atoms with van der Waals surface area (Å²) in [6.45, 7) is 9.20. The lowest BCUT2D eigenvalue weighted by atomic mass is 10.1. The number of ether oxygens (including phenoxy) is 3. The van der Waals surface area contributed by atoms with E-state index in [0.717, 1.165) is 11.8 Å². The molecule has 12 heteroatoms. The molecule has 1 fully saturated rings. The molecule has 1 heterocycles. The number of amides is 2. The van der Waals surface area contributed by atoms with Gasteiger partial charge in [0.05, 0.1) is 17.6 Å². The van der Waals surface area contributed by atoms with E-state index in [1.165, 1.54) is 12.1 Å². The average Bonchev–Trinajstić information content (AvgIpc) is 2.87. The fraction of sp³-hybridized carbons (Fsp3) is 0.423. The number of nitro benzene ring substituents is 1. The van der Waals surface area contributed by atoms with Crippen molar-refractivity contribution in [3.8, 4) is 5.75 Å². The Morgan fingerprint density at radius 3 is 2.26 bits per heavy atom. The molecule has 0 radical (unpaired) electrons. The van der Waals surface area contributed by atoms with Crippen molar-refractivity contribution in [1.82, 2.24) is 4.90 Å². The third kappa shape index (κ3) is 7.82. The smallest absolute Gasteiger partial charge is 0.410 e. The van der Waals surface area contributed by atoms with E-state index < -0.39 is 22.4 Å². The van der Waals surface area contributed by atoms with Gasteiger partial charge in [-0.2, -0.15) is 0 Å². The van der Waals surface area contributed by atoms with Crippen LogP contribution in [0.25, 0.3) is 0 Å². The number of benzene rings is 2. The number of hydrogen-bond donors (Lipinski definition) is 1. The maximum atomic E-state index is 12.8. The molecule has 0 saturated carbocycles. The van der Waals surface area contributed by atoms with E-state index in [2.05, 4.69) is 10.2 Å². The molecule has 1 N–H and O–H groups in total. The van der Waals surface area contributed by atoms with Crippen molar-refractivity contribution in [3.05, 3.63) is 58.1 Å². The van der Waals surface area contributed by atoms with Crippen LogP contribution in [0, 0.1) is 10.1 Å². The molecule has 1 aliphatic rings. The van der Waals surface area contributed by atoms with Crippen LogP contribution in [0.15, 0.2) is 42.5 Å². The van der Waals surface area contributed by atoms with Gasteiger partial charge in [-0.05, 0) is 64.1 Å². The SMILES string of the molecule is CCOC(=O)COc1ccc(NC(=O)c2ccc(N3CCN(C(=O)OC(C)(C)C)CC3)cc2)c([N+](=O)[O-])c1. The number of nitrogens with one attached hydrogen (secondary N) is 1. The van der Waals surface area contributed by atoms with Crippen LogP contribution in [-0.2, 0) is 14.3 Å². The molecule has 1 aliphatic heterocycles. The standard InChI is InChI=1S/C26H32N4O8/c1-5-36-23(31)17-37-20-10-11-21(22(16-20)30(34)35)27-24(32)18-6-8-19(9-7-18)28-12-14-29(15-13-28)25(33)38-26(2,3)4/h6-11,16H,5,12-15,17H2,1-4H3,(H,27,32). The van der Waals surface area contributed by atoms with E-state index in [0.29, 0.717) is 31.7 Å². The van der Waals surface area contributed by atoms with Gasteiger partial charge in [0.25, 0.3) is 11.6 Å². The lowest BCUT2D eigenvalue weighted by Crippen LogP contribution is -2.50. The highest BCUT2D eigenvalue weighted by molar-refractivity contribution is 6.05. The number of piperazine rings is 1. The molecule has 2 amide bonds. The molecule has 2 aromatic rings. The van der Waals surface area contributed by atoms with E-state index >= 15 is 0 Å². The van der Waals surface area contributed by atoms with Crippen molar-refractivity contribution >= 4 is 35.0 Å². The van der Waals surface area contributed by atoms with Gasteiger partial charge in [-0.15, -0.1) is 0 Å². The second-order valence-electron chi connectivity index (χ2n) is 9.49. The van der Waals surface area contributed by atoms with Gasteiger partial charge in [-0.3, -0.25) is 14.9 Å². The molecule has 0 bridgehead atoms. The highest BCUT2D eigenvalue weighted by Gasteiger charge is 2.26. The quantitative estimate of drug-likeness (QED) is 0.307. The van der Waals surface area contributed by atoms with Crippen molar-refractivity contribution < 1.29 is 33.5 Å². The number of carbonyl (C=O) groups is 3. The van der Waals surface area contributed by atoms with Gasteiger partial charge in [0.15, 0.2) is 6.61 Å². The molecule has 12 nitrogen and oxygen atoms in total. The minimum Gasteiger partial charge on any atom is -0.482 e. The van der Waals surface area contributed by atoms with Crippen molar-refractivity contribution in [2.24, 2.45) is 0 Å². The van der Waals surface area contributed by atoms with Crippen molar-refractivity contribution in [1.29, 1.82) is 0 Å². The predicted molar refractivity (Wildman–Crippen MR) is 140 cm³/mol. The zero-order valence-corrected chi connectivity index (χ0v) is 21.9. The maximum Gasteiger partial charge on any atom is 0.410 e. The van der Waals surface area contributed by atoms with Crippen LogP contribution in [0.2, 0.25) is 0 Å². The van der Waals surface area contributed by atoms with Gasteiger partial charge < -0.3 is 29.3 Å². The lowest BCUT2D eigenvalue weighted by Gasteiger charge is -2.36. The lowest BCUT2D eigenvalue weighted by molar-refractivity contribution is -0.384. The zero-order chi connectivity index (χ0) is 27.9. The van der Waals surface area contributed by atoms with Crippen LogP contribution < -0.4 is 15.0 Å². The Morgan fingerprint density at radius 2 is 1.68 bits per heavy atom. The average molecular weight is 529 g/mol. The molecule has 3 rings (SSSR count). The molecule has 0 spiro atoms. The normalized spacial score (nSPS) is 13.5. The zero-order valence-electron chi connectivity index (χ0n) is 21.9. The van der Waals surface area contributed by atoms with E-state index in [1.807, 2.05) is 20.8 Å². The Bertz CT molecular complexity index is 1170. The molecule has 38 heavy (non-hydrogen) atoms. The molecule has 2 aromatic carbocycles. The third-order valence-corrected chi connectivity index (χ3v) is 5.50. The van der Waals surface area contributed by atoms with Crippen LogP contribution in [0.5, 0.6) is 5.75 Å². The number of nitro groups is 1.